The summed E-state index contributed by atoms with van der Waals surface area (Å²) in [6.45, 7) is 8.96. The van der Waals surface area contributed by atoms with Crippen LogP contribution in [0.1, 0.15) is 71.6 Å². The highest BCUT2D eigenvalue weighted by atomic mass is 32.1. The summed E-state index contributed by atoms with van der Waals surface area (Å²) in [5.41, 5.74) is 0. The number of nitrogens with zero attached hydrogens (tertiary/aromatic N) is 4. The van der Waals surface area contributed by atoms with E-state index < -0.39 is 0 Å². The molecule has 1 aliphatic carbocycles. The first-order valence-corrected chi connectivity index (χ1v) is 12.4. The highest BCUT2D eigenvalue weighted by Crippen LogP contribution is 2.28. The van der Waals surface area contributed by atoms with Crippen LogP contribution in [0.5, 0.6) is 0 Å². The molecule has 2 saturated heterocycles. The van der Waals surface area contributed by atoms with Gasteiger partial charge in [-0.3, -0.25) is 0 Å². The molecule has 4 rings (SSSR count). The molecule has 1 saturated carbocycles. The second-order valence-corrected chi connectivity index (χ2v) is 10.1. The summed E-state index contributed by atoms with van der Waals surface area (Å²) in [6.07, 6.45) is 11.3. The Morgan fingerprint density at radius 3 is 2.27 bits per heavy atom. The zero-order chi connectivity index (χ0) is 20.9. The van der Waals surface area contributed by atoms with Gasteiger partial charge in [0.05, 0.1) is 0 Å². The molecule has 0 unspecified atom stereocenters. The van der Waals surface area contributed by atoms with Crippen LogP contribution in [0.2, 0.25) is 0 Å². The molecule has 3 fully saturated rings. The Morgan fingerprint density at radius 1 is 0.867 bits per heavy atom. The van der Waals surface area contributed by atoms with Crippen molar-refractivity contribution in [3.8, 4) is 0 Å². The van der Waals surface area contributed by atoms with E-state index in [1.54, 1.807) is 0 Å². The molecule has 7 heteroatoms. The minimum Gasteiger partial charge on any atom is -0.360 e. The highest BCUT2D eigenvalue weighted by Gasteiger charge is 2.23. The average Bonchev–Trinajstić information content (AvgIpc) is 2.74. The largest absolute Gasteiger partial charge is 0.360 e. The predicted octanol–water partition coefficient (Wildman–Crippen LogP) is 4.57. The van der Waals surface area contributed by atoms with E-state index in [1.165, 1.54) is 57.8 Å². The second-order valence-electron chi connectivity index (χ2n) is 9.70. The molecule has 0 bridgehead atoms. The molecule has 30 heavy (non-hydrogen) atoms. The van der Waals surface area contributed by atoms with Crippen molar-refractivity contribution in [2.24, 2.45) is 11.8 Å². The predicted molar refractivity (Wildman–Crippen MR) is 129 cm³/mol. The lowest BCUT2D eigenvalue weighted by Gasteiger charge is -2.34. The zero-order valence-corrected chi connectivity index (χ0v) is 19.5. The summed E-state index contributed by atoms with van der Waals surface area (Å²) in [6, 6.07) is 2.67. The number of thiocarbonyl (C=S) groups is 1. The van der Waals surface area contributed by atoms with Gasteiger partial charge in [-0.25, -0.2) is 0 Å². The zero-order valence-electron chi connectivity index (χ0n) is 18.7. The van der Waals surface area contributed by atoms with Gasteiger partial charge >= 0.3 is 0 Å². The Bertz CT molecular complexity index is 712. The van der Waals surface area contributed by atoms with Crippen molar-refractivity contribution in [2.45, 2.75) is 77.7 Å². The Kier molecular flexibility index (Phi) is 7.28. The van der Waals surface area contributed by atoms with Crippen LogP contribution in [-0.4, -0.2) is 47.3 Å². The molecule has 0 spiro atoms. The fourth-order valence-corrected chi connectivity index (χ4v) is 5.27. The van der Waals surface area contributed by atoms with Crippen LogP contribution in [0.15, 0.2) is 6.07 Å². The van der Waals surface area contributed by atoms with Crippen LogP contribution in [0, 0.1) is 11.8 Å². The van der Waals surface area contributed by atoms with Crippen molar-refractivity contribution in [1.29, 1.82) is 0 Å². The lowest BCUT2D eigenvalue weighted by Crippen LogP contribution is -2.40. The highest BCUT2D eigenvalue weighted by molar-refractivity contribution is 7.80. The van der Waals surface area contributed by atoms with Crippen LogP contribution in [0.4, 0.5) is 17.6 Å². The molecule has 2 aliphatic heterocycles. The summed E-state index contributed by atoms with van der Waals surface area (Å²) in [7, 11) is 0. The van der Waals surface area contributed by atoms with Gasteiger partial charge in [-0.2, -0.15) is 9.97 Å². The number of rotatable bonds is 4. The van der Waals surface area contributed by atoms with Gasteiger partial charge in [-0.05, 0) is 62.6 Å². The number of piperidine rings is 2. The maximum absolute atomic E-state index is 5.62. The third-order valence-corrected chi connectivity index (χ3v) is 7.17. The number of hydrogen-bond donors (Lipinski definition) is 2. The Balaban J connectivity index is 1.51. The maximum atomic E-state index is 5.62. The lowest BCUT2D eigenvalue weighted by molar-refractivity contribution is 0.414. The van der Waals surface area contributed by atoms with Gasteiger partial charge in [0, 0.05) is 38.3 Å². The van der Waals surface area contributed by atoms with Crippen LogP contribution in [0.3, 0.4) is 0 Å². The molecule has 3 aliphatic rings. The molecule has 0 aromatic carbocycles. The topological polar surface area (TPSA) is 56.3 Å². The average molecular weight is 431 g/mol. The van der Waals surface area contributed by atoms with Crippen molar-refractivity contribution >= 4 is 34.9 Å². The van der Waals surface area contributed by atoms with Crippen molar-refractivity contribution in [3.63, 3.8) is 0 Å². The van der Waals surface area contributed by atoms with Crippen LogP contribution in [-0.2, 0) is 0 Å². The van der Waals surface area contributed by atoms with Crippen molar-refractivity contribution < 1.29 is 0 Å². The Labute approximate surface area is 187 Å². The van der Waals surface area contributed by atoms with E-state index in [1.807, 2.05) is 0 Å². The standard InChI is InChI=1S/C23H38N6S/c1-17-10-13-28(14-11-17)20-15-21(29-12-6-7-18(2)16-29)26-22(25-20)27-23(30)24-19-8-4-3-5-9-19/h15,17-19H,3-14,16H2,1-2H3,(H2,24,25,26,27,30)/t18-/m1/s1. The van der Waals surface area contributed by atoms with Gasteiger partial charge < -0.3 is 20.4 Å². The minimum absolute atomic E-state index is 0.480. The van der Waals surface area contributed by atoms with E-state index in [0.29, 0.717) is 23.0 Å². The molecule has 2 N–H and O–H groups in total. The summed E-state index contributed by atoms with van der Waals surface area (Å²) in [4.78, 5) is 14.6. The smallest absolute Gasteiger partial charge is 0.232 e. The summed E-state index contributed by atoms with van der Waals surface area (Å²) in [5, 5.41) is 7.46. The fraction of sp³-hybridized carbons (Fsp3) is 0.783. The monoisotopic (exact) mass is 430 g/mol. The van der Waals surface area contributed by atoms with Gasteiger partial charge in [0.1, 0.15) is 11.6 Å². The van der Waals surface area contributed by atoms with Gasteiger partial charge in [0.25, 0.3) is 0 Å². The number of anilines is 3. The fourth-order valence-electron chi connectivity index (χ4n) is 5.01. The Hall–Kier alpha value is -1.63. The first kappa shape index (κ1) is 21.6. The SMILES string of the molecule is CC1CCN(c2cc(N3CCC[C@@H](C)C3)nc(NC(=S)NC3CCCCC3)n2)CC1. The number of hydrogen-bond acceptors (Lipinski definition) is 5. The van der Waals surface area contributed by atoms with E-state index >= 15 is 0 Å². The summed E-state index contributed by atoms with van der Waals surface area (Å²) < 4.78 is 0. The van der Waals surface area contributed by atoms with Gasteiger partial charge in [-0.15, -0.1) is 0 Å². The van der Waals surface area contributed by atoms with E-state index in [0.717, 1.165) is 43.7 Å². The molecular formula is C23H38N6S. The van der Waals surface area contributed by atoms with E-state index in [2.05, 4.69) is 40.3 Å². The summed E-state index contributed by atoms with van der Waals surface area (Å²) in [5.74, 6) is 4.21. The number of aromatic nitrogens is 2. The molecule has 166 valence electrons. The Morgan fingerprint density at radius 2 is 1.57 bits per heavy atom. The molecule has 3 heterocycles. The van der Waals surface area contributed by atoms with E-state index in [4.69, 9.17) is 22.2 Å². The molecule has 0 radical (unpaired) electrons. The molecular weight excluding hydrogens is 392 g/mol. The summed E-state index contributed by atoms with van der Waals surface area (Å²) >= 11 is 5.62. The van der Waals surface area contributed by atoms with Gasteiger partial charge in [0.15, 0.2) is 5.11 Å². The minimum atomic E-state index is 0.480. The van der Waals surface area contributed by atoms with E-state index in [-0.39, 0.29) is 0 Å². The molecule has 6 nitrogen and oxygen atoms in total. The van der Waals surface area contributed by atoms with Crippen LogP contribution in [0.25, 0.3) is 0 Å². The first-order chi connectivity index (χ1) is 14.6. The number of nitrogens with one attached hydrogen (secondary N) is 2. The molecule has 0 amide bonds. The molecule has 1 atom stereocenters. The van der Waals surface area contributed by atoms with Gasteiger partial charge in [0.2, 0.25) is 5.95 Å². The van der Waals surface area contributed by atoms with Crippen LogP contribution < -0.4 is 20.4 Å². The van der Waals surface area contributed by atoms with Crippen molar-refractivity contribution in [1.82, 2.24) is 15.3 Å². The van der Waals surface area contributed by atoms with Crippen LogP contribution >= 0.6 is 12.2 Å². The van der Waals surface area contributed by atoms with Crippen molar-refractivity contribution in [3.05, 3.63) is 6.07 Å². The third kappa shape index (κ3) is 5.74. The van der Waals surface area contributed by atoms with Gasteiger partial charge in [-0.1, -0.05) is 33.1 Å². The van der Waals surface area contributed by atoms with E-state index in [9.17, 15) is 0 Å². The lowest BCUT2D eigenvalue weighted by atomic mass is 9.96. The van der Waals surface area contributed by atoms with Crippen molar-refractivity contribution in [2.75, 3.05) is 41.3 Å². The molecule has 1 aromatic heterocycles. The molecule has 1 aromatic rings. The first-order valence-electron chi connectivity index (χ1n) is 12.0. The quantitative estimate of drug-likeness (QED) is 0.679. The normalized spacial score (nSPS) is 24.0. The second kappa shape index (κ2) is 10.1. The third-order valence-electron chi connectivity index (χ3n) is 6.95. The maximum Gasteiger partial charge on any atom is 0.232 e.